The molecular weight excluding hydrogens is 308 g/mol. The minimum atomic E-state index is 0.408. The Labute approximate surface area is 123 Å². The standard InChI is InChI=1S/C14H23BrN2S/c1-2-3-4-5-8-13(17-16)11-18-14-9-6-7-12(15)10-14/h6-7,9-10,13,17H,2-5,8,11,16H2,1H3. The molecule has 0 fully saturated rings. The second-order valence-electron chi connectivity index (χ2n) is 4.48. The van der Waals surface area contributed by atoms with E-state index < -0.39 is 0 Å². The van der Waals surface area contributed by atoms with Crippen molar-refractivity contribution in [1.29, 1.82) is 0 Å². The van der Waals surface area contributed by atoms with Crippen molar-refractivity contribution in [2.45, 2.75) is 50.0 Å². The van der Waals surface area contributed by atoms with Crippen LogP contribution < -0.4 is 11.3 Å². The number of halogens is 1. The lowest BCUT2D eigenvalue weighted by molar-refractivity contribution is 0.501. The molecule has 0 radical (unpaired) electrons. The molecule has 0 spiro atoms. The van der Waals surface area contributed by atoms with Gasteiger partial charge in [-0.25, -0.2) is 0 Å². The molecule has 0 aliphatic carbocycles. The second kappa shape index (κ2) is 9.84. The summed E-state index contributed by atoms with van der Waals surface area (Å²) < 4.78 is 1.13. The largest absolute Gasteiger partial charge is 0.271 e. The Kier molecular flexibility index (Phi) is 8.76. The molecule has 0 bridgehead atoms. The maximum atomic E-state index is 5.61. The van der Waals surface area contributed by atoms with Gasteiger partial charge < -0.3 is 0 Å². The zero-order valence-electron chi connectivity index (χ0n) is 11.0. The molecule has 102 valence electrons. The summed E-state index contributed by atoms with van der Waals surface area (Å²) in [7, 11) is 0. The number of hydrazine groups is 1. The highest BCUT2D eigenvalue weighted by molar-refractivity contribution is 9.10. The van der Waals surface area contributed by atoms with Crippen LogP contribution in [0.3, 0.4) is 0 Å². The van der Waals surface area contributed by atoms with Crippen molar-refractivity contribution >= 4 is 27.7 Å². The monoisotopic (exact) mass is 330 g/mol. The third kappa shape index (κ3) is 6.78. The zero-order valence-corrected chi connectivity index (χ0v) is 13.4. The topological polar surface area (TPSA) is 38.0 Å². The maximum Gasteiger partial charge on any atom is 0.0304 e. The van der Waals surface area contributed by atoms with Gasteiger partial charge in [0.15, 0.2) is 0 Å². The molecule has 0 amide bonds. The normalized spacial score (nSPS) is 12.6. The first-order valence-corrected chi connectivity index (χ1v) is 8.38. The molecular formula is C14H23BrN2S. The molecule has 0 aliphatic heterocycles. The smallest absolute Gasteiger partial charge is 0.0304 e. The minimum Gasteiger partial charge on any atom is -0.271 e. The second-order valence-corrected chi connectivity index (χ2v) is 6.49. The van der Waals surface area contributed by atoms with Crippen LogP contribution in [0.5, 0.6) is 0 Å². The molecule has 4 heteroatoms. The molecule has 1 aromatic carbocycles. The summed E-state index contributed by atoms with van der Waals surface area (Å²) in [6.45, 7) is 2.24. The number of benzene rings is 1. The summed E-state index contributed by atoms with van der Waals surface area (Å²) in [6.07, 6.45) is 6.36. The van der Waals surface area contributed by atoms with Crippen molar-refractivity contribution in [3.8, 4) is 0 Å². The summed E-state index contributed by atoms with van der Waals surface area (Å²) in [5.74, 6) is 6.64. The average Bonchev–Trinajstić information content (AvgIpc) is 2.38. The number of nitrogens with one attached hydrogen (secondary N) is 1. The van der Waals surface area contributed by atoms with Crippen LogP contribution in [-0.2, 0) is 0 Å². The minimum absolute atomic E-state index is 0.408. The molecule has 0 saturated heterocycles. The Hall–Kier alpha value is -0.0300. The number of nitrogens with two attached hydrogens (primary N) is 1. The molecule has 1 rings (SSSR count). The fourth-order valence-corrected chi connectivity index (χ4v) is 3.38. The molecule has 3 N–H and O–H groups in total. The van der Waals surface area contributed by atoms with Gasteiger partial charge in [-0.2, -0.15) is 0 Å². The molecule has 2 nitrogen and oxygen atoms in total. The van der Waals surface area contributed by atoms with Crippen LogP contribution in [-0.4, -0.2) is 11.8 Å². The molecule has 18 heavy (non-hydrogen) atoms. The summed E-state index contributed by atoms with van der Waals surface area (Å²) >= 11 is 5.35. The Bertz CT molecular complexity index is 333. The van der Waals surface area contributed by atoms with Crippen LogP contribution in [0.2, 0.25) is 0 Å². The van der Waals surface area contributed by atoms with Crippen molar-refractivity contribution in [2.75, 3.05) is 5.75 Å². The predicted molar refractivity (Wildman–Crippen MR) is 84.7 cm³/mol. The van der Waals surface area contributed by atoms with Gasteiger partial charge in [-0.3, -0.25) is 11.3 Å². The van der Waals surface area contributed by atoms with Crippen molar-refractivity contribution < 1.29 is 0 Å². The summed E-state index contributed by atoms with van der Waals surface area (Å²) in [5, 5.41) is 0. The van der Waals surface area contributed by atoms with E-state index in [2.05, 4.69) is 46.5 Å². The van der Waals surface area contributed by atoms with Gasteiger partial charge in [0.1, 0.15) is 0 Å². The molecule has 1 aromatic rings. The molecule has 0 heterocycles. The quantitative estimate of drug-likeness (QED) is 0.306. The number of rotatable bonds is 9. The van der Waals surface area contributed by atoms with Gasteiger partial charge in [0.2, 0.25) is 0 Å². The zero-order chi connectivity index (χ0) is 13.2. The average molecular weight is 331 g/mol. The van der Waals surface area contributed by atoms with E-state index in [1.165, 1.54) is 30.6 Å². The predicted octanol–water partition coefficient (Wildman–Crippen LogP) is 4.34. The molecule has 1 atom stereocenters. The van der Waals surface area contributed by atoms with Crippen LogP contribution in [0.1, 0.15) is 39.0 Å². The Morgan fingerprint density at radius 2 is 2.17 bits per heavy atom. The molecule has 1 unspecified atom stereocenters. The fourth-order valence-electron chi connectivity index (χ4n) is 1.79. The SMILES string of the molecule is CCCCCCC(CSc1cccc(Br)c1)NN. The van der Waals surface area contributed by atoms with Gasteiger partial charge in [-0.1, -0.05) is 54.6 Å². The van der Waals surface area contributed by atoms with E-state index in [-0.39, 0.29) is 0 Å². The molecule has 0 aromatic heterocycles. The molecule has 0 aliphatic rings. The van der Waals surface area contributed by atoms with E-state index in [9.17, 15) is 0 Å². The van der Waals surface area contributed by atoms with Gasteiger partial charge in [-0.15, -0.1) is 11.8 Å². The third-order valence-corrected chi connectivity index (χ3v) is 4.54. The van der Waals surface area contributed by atoms with E-state index in [1.807, 2.05) is 17.8 Å². The van der Waals surface area contributed by atoms with E-state index in [4.69, 9.17) is 5.84 Å². The Balaban J connectivity index is 2.26. The summed E-state index contributed by atoms with van der Waals surface area (Å²) in [6, 6.07) is 8.81. The van der Waals surface area contributed by atoms with Crippen molar-refractivity contribution in [1.82, 2.24) is 5.43 Å². The van der Waals surface area contributed by atoms with Gasteiger partial charge in [0.05, 0.1) is 0 Å². The van der Waals surface area contributed by atoms with E-state index >= 15 is 0 Å². The van der Waals surface area contributed by atoms with Crippen molar-refractivity contribution in [3.63, 3.8) is 0 Å². The lowest BCUT2D eigenvalue weighted by Gasteiger charge is -2.15. The number of hydrogen-bond donors (Lipinski definition) is 2. The first kappa shape index (κ1) is 16.0. The van der Waals surface area contributed by atoms with Crippen LogP contribution in [0, 0.1) is 0 Å². The number of hydrogen-bond acceptors (Lipinski definition) is 3. The Morgan fingerprint density at radius 3 is 2.83 bits per heavy atom. The van der Waals surface area contributed by atoms with Crippen LogP contribution >= 0.6 is 27.7 Å². The van der Waals surface area contributed by atoms with Crippen LogP contribution in [0.25, 0.3) is 0 Å². The highest BCUT2D eigenvalue weighted by Gasteiger charge is 2.07. The van der Waals surface area contributed by atoms with Crippen LogP contribution in [0.15, 0.2) is 33.6 Å². The highest BCUT2D eigenvalue weighted by atomic mass is 79.9. The third-order valence-electron chi connectivity index (χ3n) is 2.89. The number of unbranched alkanes of at least 4 members (excludes halogenated alkanes) is 3. The van der Waals surface area contributed by atoms with Gasteiger partial charge in [0.25, 0.3) is 0 Å². The van der Waals surface area contributed by atoms with E-state index in [0.717, 1.165) is 16.6 Å². The summed E-state index contributed by atoms with van der Waals surface area (Å²) in [5.41, 5.74) is 2.93. The van der Waals surface area contributed by atoms with E-state index in [1.54, 1.807) is 0 Å². The lowest BCUT2D eigenvalue weighted by atomic mass is 10.1. The molecule has 0 saturated carbocycles. The van der Waals surface area contributed by atoms with Gasteiger partial charge in [0, 0.05) is 21.2 Å². The summed E-state index contributed by atoms with van der Waals surface area (Å²) in [4.78, 5) is 1.29. The highest BCUT2D eigenvalue weighted by Crippen LogP contribution is 2.23. The van der Waals surface area contributed by atoms with Crippen molar-refractivity contribution in [2.24, 2.45) is 5.84 Å². The maximum absolute atomic E-state index is 5.61. The Morgan fingerprint density at radius 1 is 1.33 bits per heavy atom. The van der Waals surface area contributed by atoms with Gasteiger partial charge >= 0.3 is 0 Å². The lowest BCUT2D eigenvalue weighted by Crippen LogP contribution is -2.36. The van der Waals surface area contributed by atoms with Gasteiger partial charge in [-0.05, 0) is 24.6 Å². The first-order valence-electron chi connectivity index (χ1n) is 6.60. The van der Waals surface area contributed by atoms with Crippen molar-refractivity contribution in [3.05, 3.63) is 28.7 Å². The van der Waals surface area contributed by atoms with E-state index in [0.29, 0.717) is 6.04 Å². The van der Waals surface area contributed by atoms with Crippen LogP contribution in [0.4, 0.5) is 0 Å². The number of thioether (sulfide) groups is 1. The fraction of sp³-hybridized carbons (Fsp3) is 0.571. The first-order chi connectivity index (χ1) is 8.76.